The molecule has 1 aromatic carbocycles. The Morgan fingerprint density at radius 2 is 1.82 bits per heavy atom. The Morgan fingerprint density at radius 3 is 2.50 bits per heavy atom. The van der Waals surface area contributed by atoms with Crippen molar-refractivity contribution in [2.45, 2.75) is 29.8 Å². The van der Waals surface area contributed by atoms with Gasteiger partial charge < -0.3 is 14.2 Å². The van der Waals surface area contributed by atoms with Crippen LogP contribution in [0.2, 0.25) is 0 Å². The lowest BCUT2D eigenvalue weighted by Gasteiger charge is -2.25. The largest absolute Gasteiger partial charge is 0.349 e. The molecular weight excluding hydrogens is 304 g/mol. The minimum atomic E-state index is -3.58. The highest BCUT2D eigenvalue weighted by molar-refractivity contribution is 7.95. The number of sulfone groups is 1. The molecule has 1 aromatic rings. The molecule has 3 aliphatic heterocycles. The molecule has 3 aliphatic rings. The number of ether oxygens (including phenoxy) is 3. The topological polar surface area (TPSA) is 61.8 Å². The average Bonchev–Trinajstić information content (AvgIpc) is 3.23. The van der Waals surface area contributed by atoms with E-state index in [0.717, 1.165) is 5.56 Å². The molecule has 3 heterocycles. The summed E-state index contributed by atoms with van der Waals surface area (Å²) in [7, 11) is -3.58. The van der Waals surface area contributed by atoms with Gasteiger partial charge in [-0.15, -0.1) is 0 Å². The molecule has 2 bridgehead atoms. The molecule has 0 aromatic heterocycles. The molecule has 0 N–H and O–H groups in total. The van der Waals surface area contributed by atoms with E-state index in [1.807, 2.05) is 13.0 Å². The molecule has 0 saturated carbocycles. The van der Waals surface area contributed by atoms with Gasteiger partial charge in [0.2, 0.25) is 9.84 Å². The van der Waals surface area contributed by atoms with E-state index < -0.39 is 27.8 Å². The van der Waals surface area contributed by atoms with Gasteiger partial charge in [-0.3, -0.25) is 0 Å². The summed E-state index contributed by atoms with van der Waals surface area (Å²) in [4.78, 5) is 0.537. The van der Waals surface area contributed by atoms with Crippen LogP contribution in [0.25, 0.3) is 0 Å². The summed E-state index contributed by atoms with van der Waals surface area (Å²) >= 11 is 0. The summed E-state index contributed by atoms with van der Waals surface area (Å²) in [6, 6.07) is 6.82. The standard InChI is InChI=1S/C16H16O5S/c1-11-2-4-12(5-3-11)22(17,18)14-10-16(7-6-13(14)21-16)15-19-8-9-20-15/h2-7,10,13,15H,8-9H2,1H3. The number of hydrogen-bond acceptors (Lipinski definition) is 5. The fourth-order valence-corrected chi connectivity index (χ4v) is 4.52. The third-order valence-electron chi connectivity index (χ3n) is 4.14. The van der Waals surface area contributed by atoms with Crippen molar-refractivity contribution >= 4 is 9.84 Å². The van der Waals surface area contributed by atoms with Gasteiger partial charge in [0.1, 0.15) is 6.10 Å². The van der Waals surface area contributed by atoms with E-state index >= 15 is 0 Å². The number of rotatable bonds is 3. The minimum Gasteiger partial charge on any atom is -0.349 e. The van der Waals surface area contributed by atoms with E-state index in [-0.39, 0.29) is 9.80 Å². The minimum absolute atomic E-state index is 0.262. The Labute approximate surface area is 129 Å². The molecule has 0 amide bonds. The molecule has 4 rings (SSSR count). The van der Waals surface area contributed by atoms with E-state index in [2.05, 4.69) is 0 Å². The lowest BCUT2D eigenvalue weighted by Crippen LogP contribution is -2.38. The molecule has 5 nitrogen and oxygen atoms in total. The maximum atomic E-state index is 12.8. The van der Waals surface area contributed by atoms with E-state index in [0.29, 0.717) is 13.2 Å². The van der Waals surface area contributed by atoms with E-state index in [4.69, 9.17) is 14.2 Å². The van der Waals surface area contributed by atoms with Crippen molar-refractivity contribution in [2.24, 2.45) is 0 Å². The van der Waals surface area contributed by atoms with Crippen molar-refractivity contribution in [3.63, 3.8) is 0 Å². The zero-order valence-corrected chi connectivity index (χ0v) is 12.9. The van der Waals surface area contributed by atoms with Crippen LogP contribution in [0, 0.1) is 6.92 Å². The highest BCUT2D eigenvalue weighted by Gasteiger charge is 2.53. The Balaban J connectivity index is 1.73. The van der Waals surface area contributed by atoms with Gasteiger partial charge in [0.15, 0.2) is 11.9 Å². The first kappa shape index (κ1) is 14.1. The van der Waals surface area contributed by atoms with Crippen LogP contribution in [0.3, 0.4) is 0 Å². The van der Waals surface area contributed by atoms with Gasteiger partial charge >= 0.3 is 0 Å². The van der Waals surface area contributed by atoms with Gasteiger partial charge in [-0.25, -0.2) is 8.42 Å². The van der Waals surface area contributed by atoms with Crippen molar-refractivity contribution in [3.8, 4) is 0 Å². The Bertz CT molecular complexity index is 756. The van der Waals surface area contributed by atoms with Crippen LogP contribution in [-0.4, -0.2) is 39.6 Å². The van der Waals surface area contributed by atoms with Gasteiger partial charge in [-0.1, -0.05) is 23.8 Å². The van der Waals surface area contributed by atoms with Crippen LogP contribution >= 0.6 is 0 Å². The first-order valence-electron chi connectivity index (χ1n) is 7.16. The number of fused-ring (bicyclic) bond motifs is 2. The smallest absolute Gasteiger partial charge is 0.205 e. The third kappa shape index (κ3) is 1.99. The summed E-state index contributed by atoms with van der Waals surface area (Å²) in [6.45, 7) is 2.90. The number of aryl methyl sites for hydroxylation is 1. The zero-order chi connectivity index (χ0) is 15.4. The first-order valence-corrected chi connectivity index (χ1v) is 8.64. The Kier molecular flexibility index (Phi) is 3.06. The van der Waals surface area contributed by atoms with Gasteiger partial charge in [0, 0.05) is 0 Å². The second kappa shape index (κ2) is 4.76. The van der Waals surface area contributed by atoms with E-state index in [1.165, 1.54) is 0 Å². The predicted octanol–water partition coefficient (Wildman–Crippen LogP) is 1.73. The van der Waals surface area contributed by atoms with Gasteiger partial charge in [0.05, 0.1) is 23.0 Å². The maximum Gasteiger partial charge on any atom is 0.205 e. The molecule has 6 heteroatoms. The van der Waals surface area contributed by atoms with Crippen molar-refractivity contribution in [2.75, 3.05) is 13.2 Å². The summed E-state index contributed by atoms with van der Waals surface area (Å²) in [5.41, 5.74) is 0.0927. The molecule has 0 spiro atoms. The summed E-state index contributed by atoms with van der Waals surface area (Å²) in [6.07, 6.45) is 4.05. The number of benzene rings is 1. The molecule has 2 atom stereocenters. The van der Waals surface area contributed by atoms with Crippen molar-refractivity contribution in [3.05, 3.63) is 53.0 Å². The predicted molar refractivity (Wildman–Crippen MR) is 78.9 cm³/mol. The SMILES string of the molecule is Cc1ccc(S(=O)(=O)C2=CC3(C4OCCO4)C=CC2O3)cc1. The molecule has 2 unspecified atom stereocenters. The summed E-state index contributed by atoms with van der Waals surface area (Å²) < 4.78 is 42.5. The molecular formula is C16H16O5S. The molecule has 1 saturated heterocycles. The van der Waals surface area contributed by atoms with Crippen LogP contribution < -0.4 is 0 Å². The van der Waals surface area contributed by atoms with Crippen LogP contribution in [0.5, 0.6) is 0 Å². The van der Waals surface area contributed by atoms with E-state index in [1.54, 1.807) is 36.4 Å². The summed E-state index contributed by atoms with van der Waals surface area (Å²) in [5, 5.41) is 0. The first-order chi connectivity index (χ1) is 10.5. The quantitative estimate of drug-likeness (QED) is 0.794. The van der Waals surface area contributed by atoms with Gasteiger partial charge in [-0.05, 0) is 31.2 Å². The Hall–Kier alpha value is -1.47. The van der Waals surface area contributed by atoms with Crippen molar-refractivity contribution in [1.29, 1.82) is 0 Å². The monoisotopic (exact) mass is 320 g/mol. The lowest BCUT2D eigenvalue weighted by atomic mass is 10.0. The normalized spacial score (nSPS) is 31.0. The highest BCUT2D eigenvalue weighted by Crippen LogP contribution is 2.44. The van der Waals surface area contributed by atoms with E-state index in [9.17, 15) is 8.42 Å². The van der Waals surface area contributed by atoms with Crippen LogP contribution in [0.15, 0.2) is 52.3 Å². The van der Waals surface area contributed by atoms with Crippen molar-refractivity contribution in [1.82, 2.24) is 0 Å². The van der Waals surface area contributed by atoms with Crippen LogP contribution in [0.4, 0.5) is 0 Å². The maximum absolute atomic E-state index is 12.8. The third-order valence-corrected chi connectivity index (χ3v) is 6.01. The van der Waals surface area contributed by atoms with Gasteiger partial charge in [-0.2, -0.15) is 0 Å². The molecule has 116 valence electrons. The number of hydrogen-bond donors (Lipinski definition) is 0. The molecule has 0 aliphatic carbocycles. The second-order valence-corrected chi connectivity index (χ2v) is 7.64. The lowest BCUT2D eigenvalue weighted by molar-refractivity contribution is -0.151. The van der Waals surface area contributed by atoms with Gasteiger partial charge in [0.25, 0.3) is 0 Å². The average molecular weight is 320 g/mol. The molecule has 22 heavy (non-hydrogen) atoms. The fraction of sp³-hybridized carbons (Fsp3) is 0.375. The highest BCUT2D eigenvalue weighted by atomic mass is 32.2. The Morgan fingerprint density at radius 1 is 1.14 bits per heavy atom. The molecule has 0 radical (unpaired) electrons. The fourth-order valence-electron chi connectivity index (χ4n) is 2.98. The zero-order valence-electron chi connectivity index (χ0n) is 12.1. The van der Waals surface area contributed by atoms with Crippen LogP contribution in [0.1, 0.15) is 5.56 Å². The summed E-state index contributed by atoms with van der Waals surface area (Å²) in [5.74, 6) is 0. The van der Waals surface area contributed by atoms with Crippen LogP contribution in [-0.2, 0) is 24.0 Å². The second-order valence-electron chi connectivity index (χ2n) is 5.69. The molecule has 1 fully saturated rings. The van der Waals surface area contributed by atoms with Crippen molar-refractivity contribution < 1.29 is 22.6 Å².